The molecular weight excluding hydrogens is 328 g/mol. The molecule has 2 aromatic carbocycles. The zero-order valence-corrected chi connectivity index (χ0v) is 14.5. The number of fused-ring (bicyclic) bond motifs is 1. The second-order valence-electron chi connectivity index (χ2n) is 5.54. The van der Waals surface area contributed by atoms with Crippen molar-refractivity contribution in [1.82, 2.24) is 15.0 Å². The molecule has 0 saturated heterocycles. The molecular formula is C20H16N4S. The molecule has 25 heavy (non-hydrogen) atoms. The molecule has 0 bridgehead atoms. The minimum absolute atomic E-state index is 0.767. The standard InChI is InChI=1S/C20H16N4S/c1-25-16-7-5-14(6-8-16)19-11-20(23-13-22-19)24-18-4-2-3-15-12-21-10-9-17(15)18/h2-13H,1H3,(H,22,23,24). The molecule has 0 aliphatic rings. The summed E-state index contributed by atoms with van der Waals surface area (Å²) < 4.78 is 0. The van der Waals surface area contributed by atoms with Gasteiger partial charge >= 0.3 is 0 Å². The molecule has 1 N–H and O–H groups in total. The normalized spacial score (nSPS) is 10.8. The monoisotopic (exact) mass is 344 g/mol. The van der Waals surface area contributed by atoms with Crippen molar-refractivity contribution in [3.63, 3.8) is 0 Å². The number of nitrogens with one attached hydrogen (secondary N) is 1. The predicted octanol–water partition coefficient (Wildman–Crippen LogP) is 5.16. The average Bonchev–Trinajstić information content (AvgIpc) is 2.69. The minimum atomic E-state index is 0.767. The van der Waals surface area contributed by atoms with Gasteiger partial charge in [0.2, 0.25) is 0 Å². The summed E-state index contributed by atoms with van der Waals surface area (Å²) in [6.07, 6.45) is 7.32. The van der Waals surface area contributed by atoms with E-state index in [-0.39, 0.29) is 0 Å². The van der Waals surface area contributed by atoms with Crippen molar-refractivity contribution < 1.29 is 0 Å². The van der Waals surface area contributed by atoms with Crippen LogP contribution in [0.4, 0.5) is 11.5 Å². The van der Waals surface area contributed by atoms with Crippen LogP contribution in [0.5, 0.6) is 0 Å². The lowest BCUT2D eigenvalue weighted by Gasteiger charge is -2.10. The van der Waals surface area contributed by atoms with Crippen molar-refractivity contribution >= 4 is 34.0 Å². The van der Waals surface area contributed by atoms with E-state index in [1.165, 1.54) is 4.90 Å². The molecule has 0 saturated carbocycles. The summed E-state index contributed by atoms with van der Waals surface area (Å²) >= 11 is 1.73. The molecule has 4 rings (SSSR count). The maximum atomic E-state index is 4.40. The van der Waals surface area contributed by atoms with E-state index >= 15 is 0 Å². The predicted molar refractivity (Wildman–Crippen MR) is 104 cm³/mol. The number of aromatic nitrogens is 3. The van der Waals surface area contributed by atoms with Gasteiger partial charge in [-0.25, -0.2) is 9.97 Å². The highest BCUT2D eigenvalue weighted by atomic mass is 32.2. The van der Waals surface area contributed by atoms with Crippen LogP contribution in [0.1, 0.15) is 0 Å². The maximum absolute atomic E-state index is 4.40. The molecule has 2 aromatic heterocycles. The summed E-state index contributed by atoms with van der Waals surface area (Å²) in [6, 6.07) is 18.4. The smallest absolute Gasteiger partial charge is 0.134 e. The van der Waals surface area contributed by atoms with E-state index in [9.17, 15) is 0 Å². The van der Waals surface area contributed by atoms with Gasteiger partial charge in [-0.05, 0) is 30.5 Å². The van der Waals surface area contributed by atoms with Crippen LogP contribution in [0.25, 0.3) is 22.0 Å². The lowest BCUT2D eigenvalue weighted by atomic mass is 10.1. The van der Waals surface area contributed by atoms with E-state index in [1.54, 1.807) is 24.3 Å². The molecule has 5 heteroatoms. The van der Waals surface area contributed by atoms with Crippen LogP contribution in [0.15, 0.2) is 78.2 Å². The first-order chi connectivity index (χ1) is 12.3. The van der Waals surface area contributed by atoms with Gasteiger partial charge in [0.25, 0.3) is 0 Å². The Labute approximate surface area is 150 Å². The fraction of sp³-hybridized carbons (Fsp3) is 0.0500. The highest BCUT2D eigenvalue weighted by molar-refractivity contribution is 7.98. The van der Waals surface area contributed by atoms with Crippen LogP contribution in [-0.2, 0) is 0 Å². The van der Waals surface area contributed by atoms with Gasteiger partial charge in [-0.3, -0.25) is 4.98 Å². The van der Waals surface area contributed by atoms with Crippen LogP contribution in [-0.4, -0.2) is 21.2 Å². The summed E-state index contributed by atoms with van der Waals surface area (Å²) in [6.45, 7) is 0. The van der Waals surface area contributed by atoms with Crippen LogP contribution in [0, 0.1) is 0 Å². The Kier molecular flexibility index (Phi) is 4.31. The van der Waals surface area contributed by atoms with Gasteiger partial charge in [-0.2, -0.15) is 0 Å². The molecule has 0 aliphatic carbocycles. The van der Waals surface area contributed by atoms with Gasteiger partial charge in [0.15, 0.2) is 0 Å². The van der Waals surface area contributed by atoms with E-state index in [0.717, 1.165) is 33.5 Å². The van der Waals surface area contributed by atoms with Crippen molar-refractivity contribution in [2.45, 2.75) is 4.90 Å². The summed E-state index contributed by atoms with van der Waals surface area (Å²) in [7, 11) is 0. The summed E-state index contributed by atoms with van der Waals surface area (Å²) in [5.74, 6) is 0.767. The van der Waals surface area contributed by atoms with Crippen molar-refractivity contribution in [2.75, 3.05) is 11.6 Å². The second kappa shape index (κ2) is 6.91. The summed E-state index contributed by atoms with van der Waals surface area (Å²) in [4.78, 5) is 14.2. The molecule has 122 valence electrons. The Morgan fingerprint density at radius 3 is 2.68 bits per heavy atom. The van der Waals surface area contributed by atoms with Crippen LogP contribution < -0.4 is 5.32 Å². The number of rotatable bonds is 4. The first-order valence-electron chi connectivity index (χ1n) is 7.90. The Bertz CT molecular complexity index is 1010. The number of pyridine rings is 1. The van der Waals surface area contributed by atoms with Gasteiger partial charge in [0.1, 0.15) is 12.1 Å². The lowest BCUT2D eigenvalue weighted by Crippen LogP contribution is -1.96. The number of thioether (sulfide) groups is 1. The number of benzene rings is 2. The van der Waals surface area contributed by atoms with Gasteiger partial charge in [0.05, 0.1) is 5.69 Å². The van der Waals surface area contributed by atoms with E-state index in [2.05, 4.69) is 50.8 Å². The number of nitrogens with zero attached hydrogens (tertiary/aromatic N) is 3. The number of hydrogen-bond acceptors (Lipinski definition) is 5. The van der Waals surface area contributed by atoms with Crippen molar-refractivity contribution in [1.29, 1.82) is 0 Å². The third kappa shape index (κ3) is 3.32. The summed E-state index contributed by atoms with van der Waals surface area (Å²) in [5, 5.41) is 5.60. The third-order valence-corrected chi connectivity index (χ3v) is 4.74. The average molecular weight is 344 g/mol. The van der Waals surface area contributed by atoms with Crippen LogP contribution >= 0.6 is 11.8 Å². The molecule has 0 radical (unpaired) electrons. The second-order valence-corrected chi connectivity index (χ2v) is 6.42. The van der Waals surface area contributed by atoms with Gasteiger partial charge < -0.3 is 5.32 Å². The first kappa shape index (κ1) is 15.6. The van der Waals surface area contributed by atoms with Gasteiger partial charge in [0, 0.05) is 45.4 Å². The lowest BCUT2D eigenvalue weighted by molar-refractivity contribution is 1.17. The minimum Gasteiger partial charge on any atom is -0.340 e. The highest BCUT2D eigenvalue weighted by Gasteiger charge is 2.05. The first-order valence-corrected chi connectivity index (χ1v) is 9.12. The van der Waals surface area contributed by atoms with Gasteiger partial charge in [-0.1, -0.05) is 24.3 Å². The fourth-order valence-electron chi connectivity index (χ4n) is 2.71. The molecule has 0 amide bonds. The van der Waals surface area contributed by atoms with E-state index in [1.807, 2.05) is 36.5 Å². The number of hydrogen-bond donors (Lipinski definition) is 1. The van der Waals surface area contributed by atoms with E-state index < -0.39 is 0 Å². The molecule has 2 heterocycles. The van der Waals surface area contributed by atoms with Crippen molar-refractivity contribution in [3.05, 3.63) is 73.3 Å². The molecule has 0 fully saturated rings. The molecule has 0 unspecified atom stereocenters. The Morgan fingerprint density at radius 1 is 0.960 bits per heavy atom. The number of anilines is 2. The quantitative estimate of drug-likeness (QED) is 0.518. The zero-order chi connectivity index (χ0) is 17.1. The Morgan fingerprint density at radius 2 is 1.84 bits per heavy atom. The Balaban J connectivity index is 1.67. The van der Waals surface area contributed by atoms with Crippen LogP contribution in [0.3, 0.4) is 0 Å². The third-order valence-electron chi connectivity index (χ3n) is 4.00. The van der Waals surface area contributed by atoms with E-state index in [4.69, 9.17) is 0 Å². The molecule has 0 atom stereocenters. The molecule has 0 spiro atoms. The summed E-state index contributed by atoms with van der Waals surface area (Å²) in [5.41, 5.74) is 2.97. The Hall–Kier alpha value is -2.92. The molecule has 0 aliphatic heterocycles. The highest BCUT2D eigenvalue weighted by Crippen LogP contribution is 2.27. The maximum Gasteiger partial charge on any atom is 0.134 e. The van der Waals surface area contributed by atoms with Gasteiger partial charge in [-0.15, -0.1) is 11.8 Å². The van der Waals surface area contributed by atoms with Crippen LogP contribution in [0.2, 0.25) is 0 Å². The fourth-order valence-corrected chi connectivity index (χ4v) is 3.12. The van der Waals surface area contributed by atoms with Crippen molar-refractivity contribution in [3.8, 4) is 11.3 Å². The SMILES string of the molecule is CSc1ccc(-c2cc(Nc3cccc4cnccc34)ncn2)cc1. The van der Waals surface area contributed by atoms with E-state index in [0.29, 0.717) is 0 Å². The zero-order valence-electron chi connectivity index (χ0n) is 13.7. The van der Waals surface area contributed by atoms with Crippen molar-refractivity contribution in [2.24, 2.45) is 0 Å². The molecule has 4 aromatic rings. The largest absolute Gasteiger partial charge is 0.340 e. The molecule has 4 nitrogen and oxygen atoms in total. The topological polar surface area (TPSA) is 50.7 Å².